The van der Waals surface area contributed by atoms with E-state index in [0.717, 1.165) is 25.8 Å². The first-order valence-corrected chi connectivity index (χ1v) is 8.45. The van der Waals surface area contributed by atoms with Gasteiger partial charge in [-0.05, 0) is 43.6 Å². The topological polar surface area (TPSA) is 67.8 Å². The lowest BCUT2D eigenvalue weighted by Gasteiger charge is -2.30. The zero-order valence-electron chi connectivity index (χ0n) is 14.3. The van der Waals surface area contributed by atoms with Crippen LogP contribution in [0, 0.1) is 23.2 Å². The first-order chi connectivity index (χ1) is 10.4. The van der Waals surface area contributed by atoms with Crippen molar-refractivity contribution in [3.05, 3.63) is 0 Å². The Bertz CT molecular complexity index is 387. The van der Waals surface area contributed by atoms with Crippen LogP contribution in [0.3, 0.4) is 0 Å². The van der Waals surface area contributed by atoms with Crippen molar-refractivity contribution in [2.24, 2.45) is 23.2 Å². The van der Waals surface area contributed by atoms with E-state index in [-0.39, 0.29) is 30.1 Å². The molecular weight excluding hydrogens is 282 g/mol. The second kappa shape index (κ2) is 7.28. The van der Waals surface area contributed by atoms with Gasteiger partial charge in [-0.15, -0.1) is 0 Å². The van der Waals surface area contributed by atoms with Crippen LogP contribution in [0.25, 0.3) is 0 Å². The Kier molecular flexibility index (Phi) is 5.86. The van der Waals surface area contributed by atoms with Crippen LogP contribution < -0.4 is 5.32 Å². The fourth-order valence-electron chi connectivity index (χ4n) is 3.83. The Labute approximate surface area is 133 Å². The Morgan fingerprint density at radius 3 is 2.73 bits per heavy atom. The maximum Gasteiger partial charge on any atom is 0.322 e. The molecule has 0 saturated carbocycles. The molecule has 5 unspecified atom stereocenters. The van der Waals surface area contributed by atoms with E-state index in [2.05, 4.69) is 26.1 Å². The maximum absolute atomic E-state index is 11.6. The minimum absolute atomic E-state index is 0.0765. The van der Waals surface area contributed by atoms with Gasteiger partial charge in [-0.2, -0.15) is 0 Å². The average Bonchev–Trinajstić information content (AvgIpc) is 3.13. The molecule has 0 radical (unpaired) electrons. The molecule has 128 valence electrons. The highest BCUT2D eigenvalue weighted by Crippen LogP contribution is 2.41. The second-order valence-electron chi connectivity index (χ2n) is 7.51. The van der Waals surface area contributed by atoms with E-state index in [9.17, 15) is 9.90 Å². The molecule has 0 aromatic rings. The van der Waals surface area contributed by atoms with Gasteiger partial charge < -0.3 is 19.9 Å². The van der Waals surface area contributed by atoms with Crippen LogP contribution in [0.15, 0.2) is 0 Å². The minimum Gasteiger partial charge on any atom is -0.468 e. The van der Waals surface area contributed by atoms with Gasteiger partial charge in [0.1, 0.15) is 6.04 Å². The average molecular weight is 313 g/mol. The third-order valence-electron chi connectivity index (χ3n) is 5.87. The van der Waals surface area contributed by atoms with E-state index >= 15 is 0 Å². The molecule has 5 heteroatoms. The number of ether oxygens (including phenoxy) is 2. The smallest absolute Gasteiger partial charge is 0.322 e. The predicted molar refractivity (Wildman–Crippen MR) is 84.4 cm³/mol. The summed E-state index contributed by atoms with van der Waals surface area (Å²) in [5.41, 5.74) is -0.0765. The molecule has 0 aliphatic carbocycles. The second-order valence-corrected chi connectivity index (χ2v) is 7.51. The third-order valence-corrected chi connectivity index (χ3v) is 5.87. The molecule has 0 amide bonds. The maximum atomic E-state index is 11.6. The molecule has 0 aromatic carbocycles. The molecule has 0 spiro atoms. The van der Waals surface area contributed by atoms with Crippen LogP contribution in [-0.2, 0) is 14.3 Å². The normalized spacial score (nSPS) is 36.7. The number of esters is 1. The van der Waals surface area contributed by atoms with Gasteiger partial charge >= 0.3 is 5.97 Å². The minimum atomic E-state index is -0.161. The van der Waals surface area contributed by atoms with Crippen LogP contribution >= 0.6 is 0 Å². The molecule has 2 aliphatic rings. The van der Waals surface area contributed by atoms with Crippen molar-refractivity contribution in [3.8, 4) is 0 Å². The van der Waals surface area contributed by atoms with Gasteiger partial charge in [0, 0.05) is 5.41 Å². The largest absolute Gasteiger partial charge is 0.468 e. The number of carbonyl (C=O) groups excluding carboxylic acids is 1. The fourth-order valence-corrected chi connectivity index (χ4v) is 3.83. The van der Waals surface area contributed by atoms with Gasteiger partial charge in [0.25, 0.3) is 0 Å². The van der Waals surface area contributed by atoms with Crippen molar-refractivity contribution in [2.45, 2.75) is 52.2 Å². The lowest BCUT2D eigenvalue weighted by molar-refractivity contribution is -0.142. The first-order valence-electron chi connectivity index (χ1n) is 8.45. The Morgan fingerprint density at radius 2 is 2.18 bits per heavy atom. The molecular formula is C17H31NO4. The monoisotopic (exact) mass is 313 g/mol. The van der Waals surface area contributed by atoms with E-state index in [0.29, 0.717) is 24.4 Å². The van der Waals surface area contributed by atoms with Gasteiger partial charge in [0.05, 0.1) is 26.4 Å². The molecule has 2 heterocycles. The van der Waals surface area contributed by atoms with Crippen molar-refractivity contribution in [2.75, 3.05) is 26.9 Å². The summed E-state index contributed by atoms with van der Waals surface area (Å²) in [6.45, 7) is 8.28. The first kappa shape index (κ1) is 17.7. The SMILES string of the molecule is COC(=O)C1CC(C(C)CC2CC(CO)(C(C)C)CO2)CN1. The van der Waals surface area contributed by atoms with E-state index in [1.165, 1.54) is 7.11 Å². The highest BCUT2D eigenvalue weighted by Gasteiger charge is 2.43. The summed E-state index contributed by atoms with van der Waals surface area (Å²) in [6, 6.07) is -0.158. The summed E-state index contributed by atoms with van der Waals surface area (Å²) in [5, 5.41) is 13.0. The number of hydrogen-bond acceptors (Lipinski definition) is 5. The summed E-state index contributed by atoms with van der Waals surface area (Å²) in [7, 11) is 1.44. The highest BCUT2D eigenvalue weighted by molar-refractivity contribution is 5.76. The third kappa shape index (κ3) is 3.63. The van der Waals surface area contributed by atoms with Crippen molar-refractivity contribution in [1.82, 2.24) is 5.32 Å². The van der Waals surface area contributed by atoms with Crippen LogP contribution in [0.2, 0.25) is 0 Å². The molecule has 0 aromatic heterocycles. The molecule has 2 rings (SSSR count). The summed E-state index contributed by atoms with van der Waals surface area (Å²) in [6.07, 6.45) is 3.00. The highest BCUT2D eigenvalue weighted by atomic mass is 16.5. The summed E-state index contributed by atoms with van der Waals surface area (Å²) >= 11 is 0. The van der Waals surface area contributed by atoms with E-state index in [1.54, 1.807) is 0 Å². The Balaban J connectivity index is 1.84. The van der Waals surface area contributed by atoms with Crippen molar-refractivity contribution in [1.29, 1.82) is 0 Å². The fraction of sp³-hybridized carbons (Fsp3) is 0.941. The number of aliphatic hydroxyl groups is 1. The molecule has 2 fully saturated rings. The molecule has 2 aliphatic heterocycles. The quantitative estimate of drug-likeness (QED) is 0.729. The molecule has 2 N–H and O–H groups in total. The summed E-state index contributed by atoms with van der Waals surface area (Å²) in [5.74, 6) is 1.24. The van der Waals surface area contributed by atoms with Crippen LogP contribution in [-0.4, -0.2) is 50.1 Å². The van der Waals surface area contributed by atoms with Gasteiger partial charge in [-0.25, -0.2) is 0 Å². The molecule has 5 atom stereocenters. The number of carbonyl (C=O) groups is 1. The van der Waals surface area contributed by atoms with Crippen molar-refractivity contribution >= 4 is 5.97 Å². The lowest BCUT2D eigenvalue weighted by Crippen LogP contribution is -2.32. The number of rotatable bonds is 6. The van der Waals surface area contributed by atoms with Gasteiger partial charge in [-0.1, -0.05) is 20.8 Å². The molecule has 5 nitrogen and oxygen atoms in total. The van der Waals surface area contributed by atoms with E-state index in [4.69, 9.17) is 9.47 Å². The van der Waals surface area contributed by atoms with Gasteiger partial charge in [-0.3, -0.25) is 4.79 Å². The van der Waals surface area contributed by atoms with E-state index in [1.807, 2.05) is 0 Å². The standard InChI is InChI=1S/C17H31NO4/c1-11(2)17(9-19)7-14(22-10-17)5-12(3)13-6-15(18-8-13)16(20)21-4/h11-15,18-19H,5-10H2,1-4H3. The van der Waals surface area contributed by atoms with Crippen LogP contribution in [0.5, 0.6) is 0 Å². The van der Waals surface area contributed by atoms with Gasteiger partial charge in [0.2, 0.25) is 0 Å². The van der Waals surface area contributed by atoms with Crippen molar-refractivity contribution < 1.29 is 19.4 Å². The predicted octanol–water partition coefficient (Wildman–Crippen LogP) is 1.59. The van der Waals surface area contributed by atoms with Crippen LogP contribution in [0.4, 0.5) is 0 Å². The van der Waals surface area contributed by atoms with Crippen LogP contribution in [0.1, 0.15) is 40.0 Å². The van der Waals surface area contributed by atoms with Crippen molar-refractivity contribution in [3.63, 3.8) is 0 Å². The Hall–Kier alpha value is -0.650. The molecule has 0 bridgehead atoms. The number of methoxy groups -OCH3 is 1. The lowest BCUT2D eigenvalue weighted by atomic mass is 9.75. The van der Waals surface area contributed by atoms with Gasteiger partial charge in [0.15, 0.2) is 0 Å². The number of hydrogen-bond donors (Lipinski definition) is 2. The zero-order valence-corrected chi connectivity index (χ0v) is 14.3. The zero-order chi connectivity index (χ0) is 16.3. The van der Waals surface area contributed by atoms with E-state index < -0.39 is 0 Å². The number of aliphatic hydroxyl groups excluding tert-OH is 1. The number of nitrogens with one attached hydrogen (secondary N) is 1. The molecule has 22 heavy (non-hydrogen) atoms. The molecule has 2 saturated heterocycles. The summed E-state index contributed by atoms with van der Waals surface area (Å²) < 4.78 is 10.8. The summed E-state index contributed by atoms with van der Waals surface area (Å²) in [4.78, 5) is 11.6. The Morgan fingerprint density at radius 1 is 1.45 bits per heavy atom.